The van der Waals surface area contributed by atoms with Gasteiger partial charge >= 0.3 is 0 Å². The standard InChI is InChI=1S/C17H23NO2/c1-11(10-17(2,3)4)7-15(19)12-5-6-14-13(8-12)9-16(20)18-14/h5-6,8,11H,7,9-10H2,1-4H3,(H,18,20). The van der Waals surface area contributed by atoms with Gasteiger partial charge in [-0.3, -0.25) is 9.59 Å². The molecule has 1 N–H and O–H groups in total. The van der Waals surface area contributed by atoms with Crippen molar-refractivity contribution in [3.05, 3.63) is 29.3 Å². The molecule has 1 amide bonds. The van der Waals surface area contributed by atoms with Crippen molar-refractivity contribution in [1.29, 1.82) is 0 Å². The highest BCUT2D eigenvalue weighted by molar-refractivity contribution is 6.02. The molecule has 0 aromatic heterocycles. The second kappa shape index (κ2) is 5.39. The largest absolute Gasteiger partial charge is 0.326 e. The van der Waals surface area contributed by atoms with Crippen LogP contribution in [-0.4, -0.2) is 11.7 Å². The zero-order valence-electron chi connectivity index (χ0n) is 12.7. The zero-order chi connectivity index (χ0) is 14.9. The van der Waals surface area contributed by atoms with Crippen molar-refractivity contribution in [2.45, 2.75) is 47.0 Å². The van der Waals surface area contributed by atoms with E-state index in [1.807, 2.05) is 18.2 Å². The fourth-order valence-corrected chi connectivity index (χ4v) is 2.95. The van der Waals surface area contributed by atoms with Gasteiger partial charge in [0.15, 0.2) is 5.78 Å². The van der Waals surface area contributed by atoms with Crippen LogP contribution in [0.25, 0.3) is 0 Å². The molecule has 1 atom stereocenters. The number of hydrogen-bond donors (Lipinski definition) is 1. The smallest absolute Gasteiger partial charge is 0.228 e. The zero-order valence-corrected chi connectivity index (χ0v) is 12.7. The Morgan fingerprint density at radius 1 is 1.35 bits per heavy atom. The van der Waals surface area contributed by atoms with Crippen LogP contribution in [0.4, 0.5) is 5.69 Å². The number of anilines is 1. The molecule has 0 bridgehead atoms. The maximum absolute atomic E-state index is 12.3. The van der Waals surface area contributed by atoms with Gasteiger partial charge in [-0.2, -0.15) is 0 Å². The highest BCUT2D eigenvalue weighted by atomic mass is 16.1. The molecular formula is C17H23NO2. The maximum atomic E-state index is 12.3. The lowest BCUT2D eigenvalue weighted by atomic mass is 9.83. The monoisotopic (exact) mass is 273 g/mol. The number of benzene rings is 1. The summed E-state index contributed by atoms with van der Waals surface area (Å²) < 4.78 is 0. The van der Waals surface area contributed by atoms with Crippen LogP contribution in [0.15, 0.2) is 18.2 Å². The first-order valence-electron chi connectivity index (χ1n) is 7.20. The van der Waals surface area contributed by atoms with E-state index in [0.29, 0.717) is 18.8 Å². The minimum absolute atomic E-state index is 0.00528. The number of nitrogens with one attached hydrogen (secondary N) is 1. The predicted molar refractivity (Wildman–Crippen MR) is 81.0 cm³/mol. The maximum Gasteiger partial charge on any atom is 0.228 e. The van der Waals surface area contributed by atoms with E-state index >= 15 is 0 Å². The topological polar surface area (TPSA) is 46.2 Å². The summed E-state index contributed by atoms with van der Waals surface area (Å²) in [5.74, 6) is 0.546. The second-order valence-electron chi connectivity index (χ2n) is 7.09. The van der Waals surface area contributed by atoms with Gasteiger partial charge in [-0.05, 0) is 41.5 Å². The molecule has 1 heterocycles. The Bertz CT molecular complexity index is 540. The van der Waals surface area contributed by atoms with Crippen LogP contribution in [-0.2, 0) is 11.2 Å². The molecule has 1 aliphatic heterocycles. The van der Waals surface area contributed by atoms with E-state index in [1.54, 1.807) is 0 Å². The summed E-state index contributed by atoms with van der Waals surface area (Å²) in [4.78, 5) is 23.6. The van der Waals surface area contributed by atoms with Gasteiger partial charge in [0.05, 0.1) is 6.42 Å². The summed E-state index contributed by atoms with van der Waals surface area (Å²) in [6.07, 6.45) is 1.98. The van der Waals surface area contributed by atoms with Crippen LogP contribution in [0.5, 0.6) is 0 Å². The number of Topliss-reactive ketones (excluding diaryl/α,β-unsaturated/α-hetero) is 1. The van der Waals surface area contributed by atoms with Crippen molar-refractivity contribution >= 4 is 17.4 Å². The van der Waals surface area contributed by atoms with E-state index in [-0.39, 0.29) is 17.1 Å². The van der Waals surface area contributed by atoms with Gasteiger partial charge in [-0.25, -0.2) is 0 Å². The van der Waals surface area contributed by atoms with Crippen molar-refractivity contribution < 1.29 is 9.59 Å². The van der Waals surface area contributed by atoms with Crippen LogP contribution in [0.2, 0.25) is 0 Å². The minimum atomic E-state index is 0.00528. The third kappa shape index (κ3) is 3.69. The third-order valence-corrected chi connectivity index (χ3v) is 3.55. The lowest BCUT2D eigenvalue weighted by Gasteiger charge is -2.22. The minimum Gasteiger partial charge on any atom is -0.326 e. The Kier molecular flexibility index (Phi) is 3.98. The van der Waals surface area contributed by atoms with Crippen LogP contribution in [0.1, 0.15) is 56.5 Å². The van der Waals surface area contributed by atoms with Gasteiger partial charge in [0.25, 0.3) is 0 Å². The highest BCUT2D eigenvalue weighted by Gasteiger charge is 2.21. The SMILES string of the molecule is CC(CC(=O)c1ccc2c(c1)CC(=O)N2)CC(C)(C)C. The van der Waals surface area contributed by atoms with Crippen molar-refractivity contribution in [3.8, 4) is 0 Å². The molecule has 3 nitrogen and oxygen atoms in total. The molecule has 0 saturated carbocycles. The summed E-state index contributed by atoms with van der Waals surface area (Å²) in [5, 5.41) is 2.79. The van der Waals surface area contributed by atoms with E-state index < -0.39 is 0 Å². The number of amides is 1. The number of rotatable bonds is 4. The summed E-state index contributed by atoms with van der Waals surface area (Å²) in [6.45, 7) is 8.71. The average Bonchev–Trinajstić information content (AvgIpc) is 2.64. The summed E-state index contributed by atoms with van der Waals surface area (Å²) >= 11 is 0. The molecular weight excluding hydrogens is 250 g/mol. The Labute approximate surface area is 120 Å². The van der Waals surface area contributed by atoms with Crippen molar-refractivity contribution in [2.24, 2.45) is 11.3 Å². The molecule has 0 aliphatic carbocycles. The second-order valence-corrected chi connectivity index (χ2v) is 7.09. The molecule has 20 heavy (non-hydrogen) atoms. The summed E-state index contributed by atoms with van der Waals surface area (Å²) in [5.41, 5.74) is 2.74. The first-order valence-corrected chi connectivity index (χ1v) is 7.20. The Hall–Kier alpha value is -1.64. The van der Waals surface area contributed by atoms with Gasteiger partial charge in [-0.15, -0.1) is 0 Å². The molecule has 1 aromatic rings. The van der Waals surface area contributed by atoms with E-state index in [4.69, 9.17) is 0 Å². The lowest BCUT2D eigenvalue weighted by molar-refractivity contribution is -0.115. The molecule has 3 heteroatoms. The van der Waals surface area contributed by atoms with E-state index in [2.05, 4.69) is 33.0 Å². The van der Waals surface area contributed by atoms with Gasteiger partial charge in [0.2, 0.25) is 5.91 Å². The summed E-state index contributed by atoms with van der Waals surface area (Å²) in [7, 11) is 0. The molecule has 2 rings (SSSR count). The van der Waals surface area contributed by atoms with Crippen molar-refractivity contribution in [1.82, 2.24) is 0 Å². The van der Waals surface area contributed by atoms with E-state index in [1.165, 1.54) is 0 Å². The van der Waals surface area contributed by atoms with Gasteiger partial charge in [0, 0.05) is 17.7 Å². The molecule has 0 saturated heterocycles. The van der Waals surface area contributed by atoms with E-state index in [0.717, 1.165) is 23.2 Å². The number of carbonyl (C=O) groups is 2. The molecule has 1 unspecified atom stereocenters. The molecule has 0 spiro atoms. The Morgan fingerprint density at radius 2 is 2.05 bits per heavy atom. The van der Waals surface area contributed by atoms with Crippen LogP contribution >= 0.6 is 0 Å². The number of hydrogen-bond acceptors (Lipinski definition) is 2. The lowest BCUT2D eigenvalue weighted by Crippen LogP contribution is -2.14. The Morgan fingerprint density at radius 3 is 2.70 bits per heavy atom. The molecule has 0 fully saturated rings. The van der Waals surface area contributed by atoms with Gasteiger partial charge < -0.3 is 5.32 Å². The van der Waals surface area contributed by atoms with Gasteiger partial charge in [0.1, 0.15) is 0 Å². The fourth-order valence-electron chi connectivity index (χ4n) is 2.95. The number of ketones is 1. The third-order valence-electron chi connectivity index (χ3n) is 3.55. The van der Waals surface area contributed by atoms with Gasteiger partial charge in [-0.1, -0.05) is 27.7 Å². The molecule has 0 radical (unpaired) electrons. The predicted octanol–water partition coefficient (Wildman–Crippen LogP) is 3.83. The number of fused-ring (bicyclic) bond motifs is 1. The van der Waals surface area contributed by atoms with Crippen LogP contribution in [0, 0.1) is 11.3 Å². The fraction of sp³-hybridized carbons (Fsp3) is 0.529. The quantitative estimate of drug-likeness (QED) is 0.847. The first kappa shape index (κ1) is 14.8. The molecule has 1 aliphatic rings. The normalized spacial score (nSPS) is 15.7. The summed E-state index contributed by atoms with van der Waals surface area (Å²) in [6, 6.07) is 5.51. The van der Waals surface area contributed by atoms with Crippen molar-refractivity contribution in [2.75, 3.05) is 5.32 Å². The van der Waals surface area contributed by atoms with Crippen molar-refractivity contribution in [3.63, 3.8) is 0 Å². The number of carbonyl (C=O) groups excluding carboxylic acids is 2. The Balaban J connectivity index is 2.04. The first-order chi connectivity index (χ1) is 9.24. The van der Waals surface area contributed by atoms with E-state index in [9.17, 15) is 9.59 Å². The molecule has 1 aromatic carbocycles. The van der Waals surface area contributed by atoms with Crippen LogP contribution in [0.3, 0.4) is 0 Å². The highest BCUT2D eigenvalue weighted by Crippen LogP contribution is 2.28. The van der Waals surface area contributed by atoms with Crippen LogP contribution < -0.4 is 5.32 Å². The molecule has 108 valence electrons. The average molecular weight is 273 g/mol.